The van der Waals surface area contributed by atoms with E-state index in [-0.39, 0.29) is 0 Å². The Labute approximate surface area is 118 Å². The fourth-order valence-electron chi connectivity index (χ4n) is 1.87. The van der Waals surface area contributed by atoms with Gasteiger partial charge in [0.05, 0.1) is 11.6 Å². The summed E-state index contributed by atoms with van der Waals surface area (Å²) in [7, 11) is 0. The first-order valence-electron chi connectivity index (χ1n) is 6.10. The van der Waals surface area contributed by atoms with Gasteiger partial charge in [-0.1, -0.05) is 6.07 Å². The Morgan fingerprint density at radius 2 is 1.89 bits per heavy atom. The molecule has 0 spiro atoms. The number of thioether (sulfide) groups is 1. The second-order valence-electron chi connectivity index (χ2n) is 4.34. The summed E-state index contributed by atoms with van der Waals surface area (Å²) in [6.45, 7) is 2.81. The van der Waals surface area contributed by atoms with Crippen molar-refractivity contribution >= 4 is 17.4 Å². The Morgan fingerprint density at radius 3 is 2.47 bits per heavy atom. The number of nitrogens with one attached hydrogen (secondary N) is 1. The van der Waals surface area contributed by atoms with E-state index in [1.165, 1.54) is 10.5 Å². The van der Waals surface area contributed by atoms with Gasteiger partial charge in [-0.2, -0.15) is 5.26 Å². The summed E-state index contributed by atoms with van der Waals surface area (Å²) in [4.78, 5) is 1.26. The van der Waals surface area contributed by atoms with Crippen LogP contribution in [0, 0.1) is 18.3 Å². The number of aryl methyl sites for hydroxylation is 1. The van der Waals surface area contributed by atoms with Crippen LogP contribution < -0.4 is 5.32 Å². The topological polar surface area (TPSA) is 35.8 Å². The first kappa shape index (κ1) is 13.5. The van der Waals surface area contributed by atoms with Crippen molar-refractivity contribution in [1.82, 2.24) is 0 Å². The van der Waals surface area contributed by atoms with Crippen LogP contribution in [0.25, 0.3) is 0 Å². The van der Waals surface area contributed by atoms with Crippen LogP contribution in [0.1, 0.15) is 16.7 Å². The van der Waals surface area contributed by atoms with Gasteiger partial charge in [0.2, 0.25) is 0 Å². The van der Waals surface area contributed by atoms with Gasteiger partial charge in [0.15, 0.2) is 0 Å². The van der Waals surface area contributed by atoms with Crippen LogP contribution in [0.4, 0.5) is 5.69 Å². The van der Waals surface area contributed by atoms with Crippen LogP contribution in [0.2, 0.25) is 0 Å². The fourth-order valence-corrected chi connectivity index (χ4v) is 2.28. The third-order valence-electron chi connectivity index (χ3n) is 3.04. The van der Waals surface area contributed by atoms with Crippen molar-refractivity contribution in [1.29, 1.82) is 5.26 Å². The predicted molar refractivity (Wildman–Crippen MR) is 81.4 cm³/mol. The summed E-state index contributed by atoms with van der Waals surface area (Å²) in [5.74, 6) is 0. The van der Waals surface area contributed by atoms with Gasteiger partial charge >= 0.3 is 0 Å². The highest BCUT2D eigenvalue weighted by Gasteiger charge is 2.00. The maximum absolute atomic E-state index is 8.84. The summed E-state index contributed by atoms with van der Waals surface area (Å²) in [5.41, 5.74) is 4.19. The molecule has 2 nitrogen and oxygen atoms in total. The Morgan fingerprint density at radius 1 is 1.16 bits per heavy atom. The van der Waals surface area contributed by atoms with Crippen LogP contribution in [0.3, 0.4) is 0 Å². The molecule has 0 saturated carbocycles. The lowest BCUT2D eigenvalue weighted by molar-refractivity contribution is 1.11. The third-order valence-corrected chi connectivity index (χ3v) is 3.79. The highest BCUT2D eigenvalue weighted by Crippen LogP contribution is 2.18. The van der Waals surface area contributed by atoms with E-state index in [1.807, 2.05) is 25.1 Å². The molecule has 0 unspecified atom stereocenters. The number of hydrogen-bond acceptors (Lipinski definition) is 3. The molecule has 0 fully saturated rings. The molecule has 19 heavy (non-hydrogen) atoms. The largest absolute Gasteiger partial charge is 0.381 e. The molecule has 2 aromatic carbocycles. The van der Waals surface area contributed by atoms with Crippen LogP contribution in [-0.2, 0) is 6.54 Å². The molecule has 0 aliphatic rings. The van der Waals surface area contributed by atoms with Crippen LogP contribution in [0.15, 0.2) is 47.4 Å². The highest BCUT2D eigenvalue weighted by molar-refractivity contribution is 7.98. The van der Waals surface area contributed by atoms with E-state index in [1.54, 1.807) is 11.8 Å². The SMILES string of the molecule is CSc1ccc(NCc2ccc(C#N)cc2C)cc1. The molecular formula is C16H16N2S. The zero-order valence-corrected chi connectivity index (χ0v) is 11.9. The van der Waals surface area contributed by atoms with Gasteiger partial charge in [-0.15, -0.1) is 11.8 Å². The summed E-state index contributed by atoms with van der Waals surface area (Å²) in [5, 5.41) is 12.2. The van der Waals surface area contributed by atoms with Crippen molar-refractivity contribution < 1.29 is 0 Å². The summed E-state index contributed by atoms with van der Waals surface area (Å²) in [6.07, 6.45) is 2.07. The molecule has 96 valence electrons. The van der Waals surface area contributed by atoms with Crippen molar-refractivity contribution in [3.8, 4) is 6.07 Å². The van der Waals surface area contributed by atoms with Crippen molar-refractivity contribution in [3.05, 3.63) is 59.2 Å². The molecule has 2 aromatic rings. The predicted octanol–water partition coefficient (Wildman–Crippen LogP) is 4.20. The smallest absolute Gasteiger partial charge is 0.0991 e. The van der Waals surface area contributed by atoms with Crippen LogP contribution in [-0.4, -0.2) is 6.26 Å². The third kappa shape index (κ3) is 3.52. The molecule has 0 aliphatic carbocycles. The van der Waals surface area contributed by atoms with Crippen molar-refractivity contribution in [2.75, 3.05) is 11.6 Å². The van der Waals surface area contributed by atoms with E-state index in [0.717, 1.165) is 17.8 Å². The summed E-state index contributed by atoms with van der Waals surface area (Å²) < 4.78 is 0. The number of hydrogen-bond donors (Lipinski definition) is 1. The number of nitrogens with zero attached hydrogens (tertiary/aromatic N) is 1. The lowest BCUT2D eigenvalue weighted by atomic mass is 10.1. The van der Waals surface area contributed by atoms with Crippen LogP contribution in [0.5, 0.6) is 0 Å². The minimum Gasteiger partial charge on any atom is -0.381 e. The number of nitriles is 1. The molecule has 0 aromatic heterocycles. The Kier molecular flexibility index (Phi) is 4.48. The van der Waals surface area contributed by atoms with Gasteiger partial charge in [0.25, 0.3) is 0 Å². The van der Waals surface area contributed by atoms with E-state index >= 15 is 0 Å². The van der Waals surface area contributed by atoms with E-state index in [4.69, 9.17) is 5.26 Å². The molecule has 0 heterocycles. The number of anilines is 1. The number of rotatable bonds is 4. The molecule has 3 heteroatoms. The zero-order chi connectivity index (χ0) is 13.7. The molecule has 1 N–H and O–H groups in total. The Balaban J connectivity index is 2.04. The summed E-state index contributed by atoms with van der Waals surface area (Å²) in [6, 6.07) is 16.4. The quantitative estimate of drug-likeness (QED) is 0.844. The normalized spacial score (nSPS) is 9.95. The van der Waals surface area contributed by atoms with Gasteiger partial charge in [0.1, 0.15) is 0 Å². The van der Waals surface area contributed by atoms with Gasteiger partial charge in [-0.05, 0) is 60.7 Å². The molecule has 0 radical (unpaired) electrons. The summed E-state index contributed by atoms with van der Waals surface area (Å²) >= 11 is 1.74. The maximum Gasteiger partial charge on any atom is 0.0991 e. The fraction of sp³-hybridized carbons (Fsp3) is 0.188. The first-order chi connectivity index (χ1) is 9.22. The Hall–Kier alpha value is -1.92. The van der Waals surface area contributed by atoms with Gasteiger partial charge < -0.3 is 5.32 Å². The Bertz CT molecular complexity index is 597. The number of benzene rings is 2. The molecule has 0 bridgehead atoms. The van der Waals surface area contributed by atoms with Gasteiger partial charge in [-0.25, -0.2) is 0 Å². The minimum absolute atomic E-state index is 0.713. The van der Waals surface area contributed by atoms with E-state index in [0.29, 0.717) is 5.56 Å². The first-order valence-corrected chi connectivity index (χ1v) is 7.33. The average molecular weight is 268 g/mol. The second kappa shape index (κ2) is 6.31. The molecule has 0 aliphatic heterocycles. The van der Waals surface area contributed by atoms with Crippen LogP contribution >= 0.6 is 11.8 Å². The molecule has 2 rings (SSSR count). The monoisotopic (exact) mass is 268 g/mol. The minimum atomic E-state index is 0.713. The van der Waals surface area contributed by atoms with Crippen molar-refractivity contribution in [2.45, 2.75) is 18.4 Å². The average Bonchev–Trinajstić information content (AvgIpc) is 2.46. The van der Waals surface area contributed by atoms with E-state index < -0.39 is 0 Å². The van der Waals surface area contributed by atoms with Crippen molar-refractivity contribution in [2.24, 2.45) is 0 Å². The van der Waals surface area contributed by atoms with E-state index in [2.05, 4.69) is 41.9 Å². The van der Waals surface area contributed by atoms with E-state index in [9.17, 15) is 0 Å². The highest BCUT2D eigenvalue weighted by atomic mass is 32.2. The molecule has 0 saturated heterocycles. The zero-order valence-electron chi connectivity index (χ0n) is 11.1. The van der Waals surface area contributed by atoms with Crippen molar-refractivity contribution in [3.63, 3.8) is 0 Å². The molecule has 0 amide bonds. The lowest BCUT2D eigenvalue weighted by Gasteiger charge is -2.09. The maximum atomic E-state index is 8.84. The molecule has 0 atom stereocenters. The lowest BCUT2D eigenvalue weighted by Crippen LogP contribution is -2.01. The molecular weight excluding hydrogens is 252 g/mol. The van der Waals surface area contributed by atoms with Gasteiger partial charge in [0, 0.05) is 17.1 Å². The standard InChI is InChI=1S/C16H16N2S/c1-12-9-13(10-17)3-4-14(12)11-18-15-5-7-16(19-2)8-6-15/h3-9,18H,11H2,1-2H3. The second-order valence-corrected chi connectivity index (χ2v) is 5.21. The van der Waals surface area contributed by atoms with Gasteiger partial charge in [-0.3, -0.25) is 0 Å².